The van der Waals surface area contributed by atoms with Crippen molar-refractivity contribution in [2.45, 2.75) is 58.8 Å². The molecule has 3 aromatic rings. The van der Waals surface area contributed by atoms with E-state index in [-0.39, 0.29) is 17.6 Å². The highest BCUT2D eigenvalue weighted by molar-refractivity contribution is 7.21. The predicted octanol–water partition coefficient (Wildman–Crippen LogP) is 4.14. The Morgan fingerprint density at radius 3 is 2.53 bits per heavy atom. The minimum absolute atomic E-state index is 0.0268. The van der Waals surface area contributed by atoms with Gasteiger partial charge in [-0.15, -0.1) is 11.3 Å². The fourth-order valence-corrected chi connectivity index (χ4v) is 5.56. The molecule has 0 spiro atoms. The molecule has 3 aromatic heterocycles. The van der Waals surface area contributed by atoms with Gasteiger partial charge in [0.15, 0.2) is 5.76 Å². The van der Waals surface area contributed by atoms with Crippen LogP contribution in [0.1, 0.15) is 38.6 Å². The van der Waals surface area contributed by atoms with Gasteiger partial charge < -0.3 is 30.3 Å². The number of thiazole rings is 1. The van der Waals surface area contributed by atoms with Gasteiger partial charge in [-0.3, -0.25) is 4.98 Å². The number of methoxy groups -OCH3 is 1. The zero-order chi connectivity index (χ0) is 26.4. The summed E-state index contributed by atoms with van der Waals surface area (Å²) >= 11 is 1.52. The topological polar surface area (TPSA) is 137 Å². The van der Waals surface area contributed by atoms with Crippen LogP contribution in [0.25, 0.3) is 20.8 Å². The Hall–Kier alpha value is -3.02. The lowest BCUT2D eigenvalue weighted by Gasteiger charge is -2.26. The minimum atomic E-state index is -1.20. The Kier molecular flexibility index (Phi) is 7.09. The molecule has 194 valence electrons. The molecule has 0 saturated heterocycles. The van der Waals surface area contributed by atoms with Crippen molar-refractivity contribution in [2.75, 3.05) is 30.9 Å². The Labute approximate surface area is 214 Å². The molecule has 10 nitrogen and oxygen atoms in total. The maximum atomic E-state index is 10.7. The van der Waals surface area contributed by atoms with E-state index < -0.39 is 17.6 Å². The Morgan fingerprint density at radius 2 is 1.92 bits per heavy atom. The van der Waals surface area contributed by atoms with E-state index in [2.05, 4.69) is 10.3 Å². The van der Waals surface area contributed by atoms with Crippen LogP contribution in [0, 0.1) is 19.8 Å². The first-order chi connectivity index (χ1) is 16.9. The second-order valence-electron chi connectivity index (χ2n) is 9.93. The number of pyridine rings is 1. The quantitative estimate of drug-likeness (QED) is 0.347. The van der Waals surface area contributed by atoms with E-state index >= 15 is 0 Å². The van der Waals surface area contributed by atoms with Crippen LogP contribution >= 0.6 is 11.3 Å². The number of aliphatic hydroxyl groups excluding tert-OH is 2. The zero-order valence-corrected chi connectivity index (χ0v) is 22.5. The molecule has 3 atom stereocenters. The third-order valence-electron chi connectivity index (χ3n) is 6.61. The molecule has 4 N–H and O–H groups in total. The monoisotopic (exact) mass is 514 g/mol. The van der Waals surface area contributed by atoms with Crippen LogP contribution in [0.3, 0.4) is 0 Å². The molecule has 1 aliphatic rings. The van der Waals surface area contributed by atoms with E-state index in [1.54, 1.807) is 27.2 Å². The number of aromatic nitrogens is 4. The maximum Gasteiger partial charge on any atom is 0.227 e. The smallest absolute Gasteiger partial charge is 0.227 e. The normalized spacial score (nSPS) is 19.2. The second kappa shape index (κ2) is 9.79. The van der Waals surface area contributed by atoms with Crippen LogP contribution < -0.4 is 10.2 Å². The fourth-order valence-electron chi connectivity index (χ4n) is 4.45. The van der Waals surface area contributed by atoms with Gasteiger partial charge >= 0.3 is 0 Å². The SMILES string of the molecule is CO[C@H](C)CN(C)c1nc(C)c(-c2nc3c(C)nccc3s2)c(N[C@@H]2C[C@H](C(C)(C)O)C(O)=C2O)n1. The van der Waals surface area contributed by atoms with E-state index in [1.165, 1.54) is 11.3 Å². The van der Waals surface area contributed by atoms with Crippen molar-refractivity contribution in [3.63, 3.8) is 0 Å². The molecule has 0 amide bonds. The van der Waals surface area contributed by atoms with E-state index in [1.807, 2.05) is 38.8 Å². The van der Waals surface area contributed by atoms with Gasteiger partial charge in [-0.05, 0) is 47.1 Å². The number of aryl methyl sites for hydroxylation is 2. The van der Waals surface area contributed by atoms with Crippen LogP contribution in [0.15, 0.2) is 23.8 Å². The third kappa shape index (κ3) is 4.95. The number of hydrogen-bond donors (Lipinski definition) is 4. The fraction of sp³-hybridized carbons (Fsp3) is 0.520. The van der Waals surface area contributed by atoms with E-state index in [0.717, 1.165) is 20.9 Å². The van der Waals surface area contributed by atoms with Gasteiger partial charge in [0.05, 0.1) is 45.3 Å². The number of nitrogens with one attached hydrogen (secondary N) is 1. The van der Waals surface area contributed by atoms with Crippen molar-refractivity contribution in [3.05, 3.63) is 35.2 Å². The van der Waals surface area contributed by atoms with Gasteiger partial charge in [-0.1, -0.05) is 0 Å². The summed E-state index contributed by atoms with van der Waals surface area (Å²) in [7, 11) is 3.55. The molecule has 1 aliphatic carbocycles. The molecule has 0 saturated carbocycles. The molecule has 11 heteroatoms. The molecule has 36 heavy (non-hydrogen) atoms. The Bertz CT molecular complexity index is 1300. The molecule has 4 rings (SSSR count). The molecule has 0 aliphatic heterocycles. The van der Waals surface area contributed by atoms with E-state index in [9.17, 15) is 15.3 Å². The van der Waals surface area contributed by atoms with Crippen LogP contribution in [0.2, 0.25) is 0 Å². The predicted molar refractivity (Wildman–Crippen MR) is 142 cm³/mol. The maximum absolute atomic E-state index is 10.7. The van der Waals surface area contributed by atoms with Gasteiger partial charge in [0, 0.05) is 26.9 Å². The highest BCUT2D eigenvalue weighted by Crippen LogP contribution is 2.41. The summed E-state index contributed by atoms with van der Waals surface area (Å²) in [4.78, 5) is 20.7. The summed E-state index contributed by atoms with van der Waals surface area (Å²) in [6, 6.07) is 1.29. The van der Waals surface area contributed by atoms with Gasteiger partial charge in [0.25, 0.3) is 0 Å². The molecule has 0 unspecified atom stereocenters. The number of aliphatic hydroxyl groups is 3. The number of ether oxygens (including phenoxy) is 1. The van der Waals surface area contributed by atoms with Crippen LogP contribution in [-0.2, 0) is 4.74 Å². The Morgan fingerprint density at radius 1 is 1.19 bits per heavy atom. The molecular formula is C25H34N6O4S. The number of likely N-dealkylation sites (N-methyl/N-ethyl adjacent to an activating group) is 1. The number of rotatable bonds is 8. The number of fused-ring (bicyclic) bond motifs is 1. The molecule has 0 fully saturated rings. The molecule has 3 heterocycles. The zero-order valence-electron chi connectivity index (χ0n) is 21.7. The van der Waals surface area contributed by atoms with Gasteiger partial charge in [0.2, 0.25) is 5.95 Å². The van der Waals surface area contributed by atoms with Gasteiger partial charge in [-0.2, -0.15) is 4.98 Å². The van der Waals surface area contributed by atoms with Gasteiger partial charge in [0.1, 0.15) is 22.1 Å². The van der Waals surface area contributed by atoms with E-state index in [4.69, 9.17) is 19.7 Å². The Balaban J connectivity index is 1.80. The van der Waals surface area contributed by atoms with Crippen molar-refractivity contribution in [1.29, 1.82) is 0 Å². The van der Waals surface area contributed by atoms with Crippen molar-refractivity contribution in [1.82, 2.24) is 19.9 Å². The first-order valence-corrected chi connectivity index (χ1v) is 12.7. The van der Waals surface area contributed by atoms with Crippen LogP contribution in [0.4, 0.5) is 11.8 Å². The largest absolute Gasteiger partial charge is 0.508 e. The highest BCUT2D eigenvalue weighted by atomic mass is 32.1. The number of hydrogen-bond acceptors (Lipinski definition) is 11. The lowest BCUT2D eigenvalue weighted by molar-refractivity contribution is 0.0169. The summed E-state index contributed by atoms with van der Waals surface area (Å²) in [5.41, 5.74) is 1.89. The minimum Gasteiger partial charge on any atom is -0.508 e. The molecule has 0 radical (unpaired) electrons. The number of nitrogens with zero attached hydrogens (tertiary/aromatic N) is 5. The third-order valence-corrected chi connectivity index (χ3v) is 7.65. The van der Waals surface area contributed by atoms with Crippen molar-refractivity contribution < 1.29 is 20.1 Å². The standard InChI is InChI=1S/C25H34N6O4S/c1-12(35-7)11-31(6)24-27-13(2)18(23-29-19-14(3)26-9-8-17(19)36-23)22(30-24)28-16-10-15(25(4,5)34)20(32)21(16)33/h8-9,12,15-16,32-34H,10-11H2,1-7H3,(H,27,28,30)/t12-,15+,16-/m1/s1. The molecule has 0 bridgehead atoms. The molecule has 0 aromatic carbocycles. The van der Waals surface area contributed by atoms with Crippen molar-refractivity contribution in [3.8, 4) is 10.6 Å². The first kappa shape index (κ1) is 26.1. The first-order valence-electron chi connectivity index (χ1n) is 11.9. The van der Waals surface area contributed by atoms with Crippen LogP contribution in [-0.4, -0.2) is 73.7 Å². The highest BCUT2D eigenvalue weighted by Gasteiger charge is 2.42. The van der Waals surface area contributed by atoms with Crippen molar-refractivity contribution >= 4 is 33.3 Å². The average molecular weight is 515 g/mol. The second-order valence-corrected chi connectivity index (χ2v) is 11.0. The van der Waals surface area contributed by atoms with Crippen LogP contribution in [0.5, 0.6) is 0 Å². The summed E-state index contributed by atoms with van der Waals surface area (Å²) in [6.45, 7) is 9.60. The summed E-state index contributed by atoms with van der Waals surface area (Å²) in [6.07, 6.45) is 2.04. The number of anilines is 2. The summed E-state index contributed by atoms with van der Waals surface area (Å²) in [5.74, 6) is -0.0368. The summed E-state index contributed by atoms with van der Waals surface area (Å²) < 4.78 is 6.40. The molecular weight excluding hydrogens is 480 g/mol. The lowest BCUT2D eigenvalue weighted by Crippen LogP contribution is -2.33. The summed E-state index contributed by atoms with van der Waals surface area (Å²) in [5, 5.41) is 35.8. The van der Waals surface area contributed by atoms with Gasteiger partial charge in [-0.25, -0.2) is 9.97 Å². The van der Waals surface area contributed by atoms with E-state index in [0.29, 0.717) is 36.0 Å². The lowest BCUT2D eigenvalue weighted by atomic mass is 9.89. The van der Waals surface area contributed by atoms with Crippen molar-refractivity contribution in [2.24, 2.45) is 5.92 Å². The average Bonchev–Trinajstić information content (AvgIpc) is 3.36.